The quantitative estimate of drug-likeness (QED) is 0.658. The van der Waals surface area contributed by atoms with E-state index < -0.39 is 0 Å². The first kappa shape index (κ1) is 10.7. The highest BCUT2D eigenvalue weighted by Gasteiger charge is 2.19. The summed E-state index contributed by atoms with van der Waals surface area (Å²) in [6.07, 6.45) is 3.55. The van der Waals surface area contributed by atoms with Crippen LogP contribution in [-0.4, -0.2) is 26.3 Å². The molecule has 0 aliphatic carbocycles. The van der Waals surface area contributed by atoms with Crippen molar-refractivity contribution in [3.8, 4) is 0 Å². The Hall–Kier alpha value is -0.340. The van der Waals surface area contributed by atoms with Crippen molar-refractivity contribution in [1.29, 1.82) is 0 Å². The van der Waals surface area contributed by atoms with E-state index in [0.717, 1.165) is 25.6 Å². The highest BCUT2D eigenvalue weighted by molar-refractivity contribution is 4.93. The number of rotatable bonds is 5. The molecule has 0 spiro atoms. The number of hydrogen-bond acceptors (Lipinski definition) is 2. The number of hydrogen-bond donors (Lipinski definition) is 1. The number of nitrogens with one attached hydrogen (secondary N) is 1. The molecule has 2 heteroatoms. The van der Waals surface area contributed by atoms with Gasteiger partial charge in [-0.2, -0.15) is 0 Å². The summed E-state index contributed by atoms with van der Waals surface area (Å²) in [5.41, 5.74) is 1.26. The maximum atomic E-state index is 5.36. The van der Waals surface area contributed by atoms with Gasteiger partial charge in [0.2, 0.25) is 0 Å². The third-order valence-corrected chi connectivity index (χ3v) is 2.64. The predicted molar refractivity (Wildman–Crippen MR) is 55.8 cm³/mol. The minimum absolute atomic E-state index is 0.587. The van der Waals surface area contributed by atoms with Crippen molar-refractivity contribution >= 4 is 0 Å². The van der Waals surface area contributed by atoms with Gasteiger partial charge in [-0.1, -0.05) is 5.57 Å². The van der Waals surface area contributed by atoms with Crippen LogP contribution in [0.1, 0.15) is 26.2 Å². The monoisotopic (exact) mass is 183 g/mol. The summed E-state index contributed by atoms with van der Waals surface area (Å²) in [5, 5.41) is 3.34. The lowest BCUT2D eigenvalue weighted by Crippen LogP contribution is -2.28. The van der Waals surface area contributed by atoms with Crippen LogP contribution in [0.4, 0.5) is 0 Å². The summed E-state index contributed by atoms with van der Waals surface area (Å²) in [6, 6.07) is 0.587. The molecule has 1 aliphatic rings. The molecule has 0 amide bonds. The fourth-order valence-electron chi connectivity index (χ4n) is 1.90. The first-order valence-corrected chi connectivity index (χ1v) is 5.11. The van der Waals surface area contributed by atoms with Gasteiger partial charge in [0.1, 0.15) is 0 Å². The Kier molecular flexibility index (Phi) is 4.46. The van der Waals surface area contributed by atoms with Crippen LogP contribution in [0.15, 0.2) is 12.2 Å². The van der Waals surface area contributed by atoms with Gasteiger partial charge in [-0.25, -0.2) is 0 Å². The molecule has 1 N–H and O–H groups in total. The van der Waals surface area contributed by atoms with Gasteiger partial charge in [0.25, 0.3) is 0 Å². The number of ether oxygens (including phenoxy) is 1. The van der Waals surface area contributed by atoms with Gasteiger partial charge < -0.3 is 10.1 Å². The van der Waals surface area contributed by atoms with E-state index in [1.807, 2.05) is 7.05 Å². The van der Waals surface area contributed by atoms with Gasteiger partial charge in [0.05, 0.1) is 0 Å². The average Bonchev–Trinajstić information content (AvgIpc) is 2.55. The first-order valence-electron chi connectivity index (χ1n) is 5.11. The van der Waals surface area contributed by atoms with Gasteiger partial charge in [0.15, 0.2) is 0 Å². The fraction of sp³-hybridized carbons (Fsp3) is 0.818. The highest BCUT2D eigenvalue weighted by Crippen LogP contribution is 2.20. The third kappa shape index (κ3) is 3.92. The first-order chi connectivity index (χ1) is 6.22. The van der Waals surface area contributed by atoms with Crippen molar-refractivity contribution in [2.75, 3.05) is 20.3 Å². The summed E-state index contributed by atoms with van der Waals surface area (Å²) in [4.78, 5) is 0. The normalized spacial score (nSPS) is 24.6. The van der Waals surface area contributed by atoms with Crippen LogP contribution in [0.25, 0.3) is 0 Å². The van der Waals surface area contributed by atoms with Gasteiger partial charge in [-0.3, -0.25) is 0 Å². The lowest BCUT2D eigenvalue weighted by molar-refractivity contribution is 0.181. The van der Waals surface area contributed by atoms with Crippen molar-refractivity contribution in [2.45, 2.75) is 32.2 Å². The smallest absolute Gasteiger partial charge is 0.0495 e. The Labute approximate surface area is 81.4 Å². The SMILES string of the molecule is C=C(C)CC(CC1CCOC1)NC. The summed E-state index contributed by atoms with van der Waals surface area (Å²) >= 11 is 0. The van der Waals surface area contributed by atoms with E-state index in [9.17, 15) is 0 Å². The van der Waals surface area contributed by atoms with Crippen LogP contribution in [-0.2, 0) is 4.74 Å². The zero-order valence-electron chi connectivity index (χ0n) is 8.81. The molecule has 1 saturated heterocycles. The highest BCUT2D eigenvalue weighted by atomic mass is 16.5. The molecule has 1 rings (SSSR count). The minimum atomic E-state index is 0.587. The molecule has 2 atom stereocenters. The second-order valence-electron chi connectivity index (χ2n) is 4.11. The van der Waals surface area contributed by atoms with E-state index in [1.165, 1.54) is 18.4 Å². The van der Waals surface area contributed by atoms with E-state index in [0.29, 0.717) is 6.04 Å². The van der Waals surface area contributed by atoms with Crippen molar-refractivity contribution in [1.82, 2.24) is 5.32 Å². The van der Waals surface area contributed by atoms with Crippen molar-refractivity contribution in [2.24, 2.45) is 5.92 Å². The van der Waals surface area contributed by atoms with Crippen molar-refractivity contribution in [3.05, 3.63) is 12.2 Å². The van der Waals surface area contributed by atoms with Gasteiger partial charge in [-0.05, 0) is 39.2 Å². The van der Waals surface area contributed by atoms with Crippen LogP contribution >= 0.6 is 0 Å². The lowest BCUT2D eigenvalue weighted by Gasteiger charge is -2.19. The topological polar surface area (TPSA) is 21.3 Å². The lowest BCUT2D eigenvalue weighted by atomic mass is 9.95. The third-order valence-electron chi connectivity index (χ3n) is 2.64. The zero-order valence-corrected chi connectivity index (χ0v) is 8.81. The Bertz CT molecular complexity index is 161. The van der Waals surface area contributed by atoms with Gasteiger partial charge in [0, 0.05) is 19.3 Å². The molecular weight excluding hydrogens is 162 g/mol. The van der Waals surface area contributed by atoms with Crippen LogP contribution in [0.2, 0.25) is 0 Å². The summed E-state index contributed by atoms with van der Waals surface area (Å²) in [6.45, 7) is 7.94. The minimum Gasteiger partial charge on any atom is -0.381 e. The maximum absolute atomic E-state index is 5.36. The molecule has 1 fully saturated rings. The zero-order chi connectivity index (χ0) is 9.68. The van der Waals surface area contributed by atoms with Crippen LogP contribution in [0.5, 0.6) is 0 Å². The fourth-order valence-corrected chi connectivity index (χ4v) is 1.90. The van der Waals surface area contributed by atoms with Crippen LogP contribution in [0.3, 0.4) is 0 Å². The molecule has 0 aromatic heterocycles. The summed E-state index contributed by atoms with van der Waals surface area (Å²) < 4.78 is 5.36. The molecule has 0 radical (unpaired) electrons. The molecule has 13 heavy (non-hydrogen) atoms. The summed E-state index contributed by atoms with van der Waals surface area (Å²) in [7, 11) is 2.03. The second kappa shape index (κ2) is 5.40. The molecule has 2 unspecified atom stereocenters. The molecule has 76 valence electrons. The Morgan fingerprint density at radius 2 is 2.46 bits per heavy atom. The average molecular weight is 183 g/mol. The Morgan fingerprint density at radius 3 is 2.92 bits per heavy atom. The molecule has 1 aliphatic heterocycles. The Balaban J connectivity index is 2.25. The van der Waals surface area contributed by atoms with Crippen LogP contribution in [0, 0.1) is 5.92 Å². The summed E-state index contributed by atoms with van der Waals surface area (Å²) in [5.74, 6) is 0.761. The molecule has 0 bridgehead atoms. The molecule has 0 saturated carbocycles. The largest absolute Gasteiger partial charge is 0.381 e. The van der Waals surface area contributed by atoms with Gasteiger partial charge >= 0.3 is 0 Å². The molecule has 0 aromatic carbocycles. The molecular formula is C11H21NO. The van der Waals surface area contributed by atoms with E-state index in [2.05, 4.69) is 18.8 Å². The van der Waals surface area contributed by atoms with Crippen molar-refractivity contribution in [3.63, 3.8) is 0 Å². The molecule has 2 nitrogen and oxygen atoms in total. The van der Waals surface area contributed by atoms with E-state index >= 15 is 0 Å². The van der Waals surface area contributed by atoms with E-state index in [4.69, 9.17) is 4.74 Å². The second-order valence-corrected chi connectivity index (χ2v) is 4.11. The van der Waals surface area contributed by atoms with Crippen molar-refractivity contribution < 1.29 is 4.74 Å². The maximum Gasteiger partial charge on any atom is 0.0495 e. The molecule has 0 aromatic rings. The van der Waals surface area contributed by atoms with Gasteiger partial charge in [-0.15, -0.1) is 6.58 Å². The van der Waals surface area contributed by atoms with Crippen LogP contribution < -0.4 is 5.32 Å². The Morgan fingerprint density at radius 1 is 1.69 bits per heavy atom. The van der Waals surface area contributed by atoms with E-state index in [1.54, 1.807) is 0 Å². The standard InChI is InChI=1S/C11H21NO/c1-9(2)6-11(12-3)7-10-4-5-13-8-10/h10-12H,1,4-8H2,2-3H3. The predicted octanol–water partition coefficient (Wildman–Crippen LogP) is 1.97. The molecule has 1 heterocycles. The van der Waals surface area contributed by atoms with E-state index in [-0.39, 0.29) is 0 Å².